The quantitative estimate of drug-likeness (QED) is 0.633. The Morgan fingerprint density at radius 3 is 2.74 bits per heavy atom. The van der Waals surface area contributed by atoms with E-state index in [-0.39, 0.29) is 11.9 Å². The van der Waals surface area contributed by atoms with Crippen molar-refractivity contribution in [2.24, 2.45) is 10.7 Å². The predicted octanol–water partition coefficient (Wildman–Crippen LogP) is 2.17. The van der Waals surface area contributed by atoms with Gasteiger partial charge in [0.25, 0.3) is 0 Å². The first-order chi connectivity index (χ1) is 11.1. The maximum absolute atomic E-state index is 11.8. The maximum atomic E-state index is 11.8. The average molecular weight is 310 g/mol. The number of nitrogens with one attached hydrogen (secondary N) is 1. The van der Waals surface area contributed by atoms with Crippen molar-refractivity contribution in [3.63, 3.8) is 0 Å². The highest BCUT2D eigenvalue weighted by Crippen LogP contribution is 2.20. The summed E-state index contributed by atoms with van der Waals surface area (Å²) in [6.07, 6.45) is 4.67. The van der Waals surface area contributed by atoms with Crippen LogP contribution in [0.2, 0.25) is 0 Å². The van der Waals surface area contributed by atoms with Crippen LogP contribution in [0.25, 0.3) is 11.1 Å². The molecule has 1 amide bonds. The van der Waals surface area contributed by atoms with Crippen LogP contribution < -0.4 is 11.1 Å². The highest BCUT2D eigenvalue weighted by molar-refractivity contribution is 5.92. The fraction of sp³-hybridized carbons (Fsp3) is 0.278. The van der Waals surface area contributed by atoms with Gasteiger partial charge < -0.3 is 11.1 Å². The summed E-state index contributed by atoms with van der Waals surface area (Å²) in [4.78, 5) is 19.7. The minimum Gasteiger partial charge on any atom is -0.387 e. The molecule has 2 rings (SSSR count). The number of aromatic nitrogens is 1. The third-order valence-corrected chi connectivity index (χ3v) is 3.53. The molecular weight excluding hydrogens is 288 g/mol. The predicted molar refractivity (Wildman–Crippen MR) is 93.1 cm³/mol. The van der Waals surface area contributed by atoms with E-state index in [9.17, 15) is 4.79 Å². The summed E-state index contributed by atoms with van der Waals surface area (Å²) in [5.41, 5.74) is 8.81. The van der Waals surface area contributed by atoms with Crippen molar-refractivity contribution >= 4 is 11.7 Å². The molecule has 0 bridgehead atoms. The second-order valence-electron chi connectivity index (χ2n) is 5.48. The van der Waals surface area contributed by atoms with Crippen LogP contribution in [0.1, 0.15) is 18.9 Å². The number of likely N-dealkylation sites (N-methyl/N-ethyl adjacent to an activating group) is 1. The SMILES string of the molecule is CNC(CC(=O)N=C(C)N)Cc1cccc(-c2cccnc2)c1. The smallest absolute Gasteiger partial charge is 0.248 e. The zero-order chi connectivity index (χ0) is 16.7. The fourth-order valence-electron chi connectivity index (χ4n) is 2.43. The molecule has 0 saturated carbocycles. The molecule has 0 aliphatic rings. The first-order valence-electron chi connectivity index (χ1n) is 7.58. The van der Waals surface area contributed by atoms with E-state index in [1.807, 2.05) is 31.4 Å². The van der Waals surface area contributed by atoms with Gasteiger partial charge in [-0.05, 0) is 43.1 Å². The van der Waals surface area contributed by atoms with Gasteiger partial charge in [0, 0.05) is 24.9 Å². The minimum absolute atomic E-state index is 0.0229. The lowest BCUT2D eigenvalue weighted by molar-refractivity contribution is -0.118. The Labute approximate surface area is 136 Å². The van der Waals surface area contributed by atoms with E-state index in [1.54, 1.807) is 13.1 Å². The van der Waals surface area contributed by atoms with Gasteiger partial charge in [0.1, 0.15) is 0 Å². The van der Waals surface area contributed by atoms with E-state index >= 15 is 0 Å². The van der Waals surface area contributed by atoms with Gasteiger partial charge in [-0.25, -0.2) is 4.99 Å². The Balaban J connectivity index is 2.09. The number of pyridine rings is 1. The van der Waals surface area contributed by atoms with Crippen LogP contribution >= 0.6 is 0 Å². The molecule has 1 unspecified atom stereocenters. The van der Waals surface area contributed by atoms with E-state index in [0.29, 0.717) is 12.3 Å². The number of carbonyl (C=O) groups excluding carboxylic acids is 1. The fourth-order valence-corrected chi connectivity index (χ4v) is 2.43. The number of benzene rings is 1. The van der Waals surface area contributed by atoms with Crippen molar-refractivity contribution in [1.29, 1.82) is 0 Å². The van der Waals surface area contributed by atoms with Crippen LogP contribution in [-0.4, -0.2) is 29.8 Å². The van der Waals surface area contributed by atoms with E-state index in [0.717, 1.165) is 23.1 Å². The lowest BCUT2D eigenvalue weighted by atomic mass is 9.99. The lowest BCUT2D eigenvalue weighted by Crippen LogP contribution is -2.30. The lowest BCUT2D eigenvalue weighted by Gasteiger charge is -2.15. The van der Waals surface area contributed by atoms with Crippen LogP contribution in [0.5, 0.6) is 0 Å². The van der Waals surface area contributed by atoms with Crippen LogP contribution in [0.15, 0.2) is 53.8 Å². The van der Waals surface area contributed by atoms with Crippen molar-refractivity contribution in [3.05, 3.63) is 54.4 Å². The van der Waals surface area contributed by atoms with E-state index < -0.39 is 0 Å². The Morgan fingerprint density at radius 1 is 1.30 bits per heavy atom. The van der Waals surface area contributed by atoms with Gasteiger partial charge in [-0.1, -0.05) is 30.3 Å². The molecule has 3 N–H and O–H groups in total. The van der Waals surface area contributed by atoms with Crippen LogP contribution in [0.3, 0.4) is 0 Å². The monoisotopic (exact) mass is 310 g/mol. The summed E-state index contributed by atoms with van der Waals surface area (Å²) in [5.74, 6) is 0.0937. The van der Waals surface area contributed by atoms with Gasteiger partial charge in [0.05, 0.1) is 5.84 Å². The Morgan fingerprint density at radius 2 is 2.09 bits per heavy atom. The van der Waals surface area contributed by atoms with E-state index in [1.165, 1.54) is 0 Å². The molecule has 1 heterocycles. The first-order valence-corrected chi connectivity index (χ1v) is 7.58. The zero-order valence-electron chi connectivity index (χ0n) is 13.5. The molecule has 5 heteroatoms. The van der Waals surface area contributed by atoms with Gasteiger partial charge in [-0.3, -0.25) is 9.78 Å². The average Bonchev–Trinajstić information content (AvgIpc) is 2.54. The molecule has 1 aromatic heterocycles. The molecule has 2 aromatic rings. The minimum atomic E-state index is -0.201. The van der Waals surface area contributed by atoms with Gasteiger partial charge in [-0.2, -0.15) is 0 Å². The molecular formula is C18H22N4O. The van der Waals surface area contributed by atoms with Crippen LogP contribution in [0.4, 0.5) is 0 Å². The number of amides is 1. The number of nitrogens with zero attached hydrogens (tertiary/aromatic N) is 2. The van der Waals surface area contributed by atoms with E-state index in [2.05, 4.69) is 33.5 Å². The summed E-state index contributed by atoms with van der Waals surface area (Å²) in [6.45, 7) is 1.61. The van der Waals surface area contributed by atoms with Gasteiger partial charge in [0.15, 0.2) is 0 Å². The third-order valence-electron chi connectivity index (χ3n) is 3.53. The molecule has 0 aliphatic carbocycles. The van der Waals surface area contributed by atoms with Crippen LogP contribution in [-0.2, 0) is 11.2 Å². The Kier molecular flexibility index (Phi) is 6.00. The number of aliphatic imine (C=N–C) groups is 1. The number of nitrogens with two attached hydrogens (primary N) is 1. The number of hydrogen-bond donors (Lipinski definition) is 2. The molecule has 0 aliphatic heterocycles. The molecule has 1 aromatic carbocycles. The molecule has 0 radical (unpaired) electrons. The Hall–Kier alpha value is -2.53. The molecule has 23 heavy (non-hydrogen) atoms. The number of amidine groups is 1. The number of hydrogen-bond acceptors (Lipinski definition) is 3. The summed E-state index contributed by atoms with van der Waals surface area (Å²) >= 11 is 0. The van der Waals surface area contributed by atoms with Crippen LogP contribution in [0, 0.1) is 0 Å². The highest BCUT2D eigenvalue weighted by atomic mass is 16.1. The van der Waals surface area contributed by atoms with Crippen molar-refractivity contribution in [3.8, 4) is 11.1 Å². The van der Waals surface area contributed by atoms with Crippen molar-refractivity contribution in [1.82, 2.24) is 10.3 Å². The Bertz CT molecular complexity index is 678. The number of carbonyl (C=O) groups is 1. The topological polar surface area (TPSA) is 80.4 Å². The second-order valence-corrected chi connectivity index (χ2v) is 5.48. The third kappa shape index (κ3) is 5.30. The largest absolute Gasteiger partial charge is 0.387 e. The van der Waals surface area contributed by atoms with Gasteiger partial charge in [0.2, 0.25) is 5.91 Å². The number of rotatable bonds is 6. The van der Waals surface area contributed by atoms with Crippen molar-refractivity contribution in [2.75, 3.05) is 7.05 Å². The normalized spacial score (nSPS) is 12.9. The maximum Gasteiger partial charge on any atom is 0.248 e. The molecule has 0 spiro atoms. The highest BCUT2D eigenvalue weighted by Gasteiger charge is 2.13. The summed E-state index contributed by atoms with van der Waals surface area (Å²) in [7, 11) is 1.85. The van der Waals surface area contributed by atoms with Gasteiger partial charge in [-0.15, -0.1) is 0 Å². The summed E-state index contributed by atoms with van der Waals surface area (Å²) in [6, 6.07) is 12.2. The molecule has 120 valence electrons. The molecule has 1 atom stereocenters. The standard InChI is InChI=1S/C18H22N4O/c1-13(19)22-18(23)11-17(20-2)10-14-5-3-6-15(9-14)16-7-4-8-21-12-16/h3-9,12,17,20H,10-11H2,1-2H3,(H2,19,22,23). The molecule has 5 nitrogen and oxygen atoms in total. The van der Waals surface area contributed by atoms with Crippen molar-refractivity contribution in [2.45, 2.75) is 25.8 Å². The first kappa shape index (κ1) is 16.8. The molecule has 0 saturated heterocycles. The van der Waals surface area contributed by atoms with Crippen molar-refractivity contribution < 1.29 is 4.79 Å². The zero-order valence-corrected chi connectivity index (χ0v) is 13.5. The van der Waals surface area contributed by atoms with E-state index in [4.69, 9.17) is 5.73 Å². The summed E-state index contributed by atoms with van der Waals surface area (Å²) < 4.78 is 0. The molecule has 0 fully saturated rings. The second kappa shape index (κ2) is 8.19. The van der Waals surface area contributed by atoms with Gasteiger partial charge >= 0.3 is 0 Å². The summed E-state index contributed by atoms with van der Waals surface area (Å²) in [5, 5.41) is 3.17.